The highest BCUT2D eigenvalue weighted by molar-refractivity contribution is 5.34. The molecule has 2 atom stereocenters. The summed E-state index contributed by atoms with van der Waals surface area (Å²) in [4.78, 5) is 2.53. The monoisotopic (exact) mass is 332 g/mol. The molecular weight excluding hydrogens is 308 g/mol. The van der Waals surface area contributed by atoms with E-state index >= 15 is 0 Å². The Morgan fingerprint density at radius 3 is 2.44 bits per heavy atom. The molecule has 4 rings (SSSR count). The molecule has 4 heteroatoms. The summed E-state index contributed by atoms with van der Waals surface area (Å²) in [5.41, 5.74) is 9.89. The van der Waals surface area contributed by atoms with Crippen molar-refractivity contribution in [3.63, 3.8) is 0 Å². The topological polar surface area (TPSA) is 47.1 Å². The van der Waals surface area contributed by atoms with Crippen LogP contribution in [-0.2, 0) is 6.54 Å². The molecule has 1 aliphatic rings. The van der Waals surface area contributed by atoms with Crippen molar-refractivity contribution in [3.05, 3.63) is 84.2 Å². The van der Waals surface area contributed by atoms with Crippen LogP contribution in [0.15, 0.2) is 73.1 Å². The van der Waals surface area contributed by atoms with Crippen LogP contribution in [0.5, 0.6) is 0 Å². The van der Waals surface area contributed by atoms with Crippen LogP contribution in [0.1, 0.15) is 17.0 Å². The van der Waals surface area contributed by atoms with Crippen LogP contribution >= 0.6 is 0 Å². The largest absolute Gasteiger partial charge is 0.330 e. The molecule has 1 saturated heterocycles. The minimum Gasteiger partial charge on any atom is -0.330 e. The summed E-state index contributed by atoms with van der Waals surface area (Å²) in [6, 6.07) is 21.4. The molecule has 2 N–H and O–H groups in total. The number of rotatable bonds is 5. The number of benzene rings is 2. The smallest absolute Gasteiger partial charge is 0.0645 e. The van der Waals surface area contributed by atoms with E-state index in [4.69, 9.17) is 5.73 Å². The van der Waals surface area contributed by atoms with Crippen molar-refractivity contribution in [2.75, 3.05) is 19.6 Å². The first-order valence-electron chi connectivity index (χ1n) is 8.90. The lowest BCUT2D eigenvalue weighted by Gasteiger charge is -2.17. The minimum atomic E-state index is 0.533. The zero-order chi connectivity index (χ0) is 17.1. The van der Waals surface area contributed by atoms with Crippen molar-refractivity contribution in [1.29, 1.82) is 0 Å². The Bertz CT molecular complexity index is 781. The second kappa shape index (κ2) is 7.21. The van der Waals surface area contributed by atoms with Gasteiger partial charge in [-0.2, -0.15) is 5.10 Å². The van der Waals surface area contributed by atoms with E-state index in [1.54, 1.807) is 6.20 Å². The second-order valence-corrected chi connectivity index (χ2v) is 6.82. The predicted octanol–water partition coefficient (Wildman–Crippen LogP) is 3.05. The summed E-state index contributed by atoms with van der Waals surface area (Å²) in [6.07, 6.45) is 3.76. The number of nitrogens with two attached hydrogens (primary N) is 1. The lowest BCUT2D eigenvalue weighted by molar-refractivity contribution is 0.317. The van der Waals surface area contributed by atoms with E-state index in [9.17, 15) is 0 Å². The van der Waals surface area contributed by atoms with Gasteiger partial charge in [-0.25, -0.2) is 4.68 Å². The van der Waals surface area contributed by atoms with E-state index in [0.29, 0.717) is 11.8 Å². The van der Waals surface area contributed by atoms with Gasteiger partial charge < -0.3 is 5.73 Å². The Kier molecular flexibility index (Phi) is 4.63. The Morgan fingerprint density at radius 2 is 1.76 bits per heavy atom. The van der Waals surface area contributed by atoms with Gasteiger partial charge in [0.25, 0.3) is 0 Å². The third-order valence-electron chi connectivity index (χ3n) is 5.16. The van der Waals surface area contributed by atoms with E-state index in [1.807, 2.05) is 16.9 Å². The Labute approximate surface area is 148 Å². The van der Waals surface area contributed by atoms with Gasteiger partial charge in [0.05, 0.1) is 5.69 Å². The highest BCUT2D eigenvalue weighted by Gasteiger charge is 2.32. The summed E-state index contributed by atoms with van der Waals surface area (Å²) in [5, 5.41) is 4.28. The number of hydrogen-bond donors (Lipinski definition) is 1. The molecule has 2 heterocycles. The summed E-state index contributed by atoms with van der Waals surface area (Å²) < 4.78 is 1.88. The number of likely N-dealkylation sites (tertiary alicyclic amines) is 1. The highest BCUT2D eigenvalue weighted by atomic mass is 15.3. The van der Waals surface area contributed by atoms with Crippen molar-refractivity contribution in [1.82, 2.24) is 14.7 Å². The average molecular weight is 332 g/mol. The average Bonchev–Trinajstić information content (AvgIpc) is 3.33. The second-order valence-electron chi connectivity index (χ2n) is 6.82. The third kappa shape index (κ3) is 3.50. The molecule has 1 aromatic heterocycles. The summed E-state index contributed by atoms with van der Waals surface area (Å²) >= 11 is 0. The highest BCUT2D eigenvalue weighted by Crippen LogP contribution is 2.32. The van der Waals surface area contributed by atoms with Crippen molar-refractivity contribution in [2.24, 2.45) is 11.7 Å². The molecule has 3 aromatic rings. The van der Waals surface area contributed by atoms with Crippen LogP contribution in [0.25, 0.3) is 5.69 Å². The van der Waals surface area contributed by atoms with E-state index in [1.165, 1.54) is 11.1 Å². The van der Waals surface area contributed by atoms with E-state index in [0.717, 1.165) is 31.9 Å². The molecule has 25 heavy (non-hydrogen) atoms. The predicted molar refractivity (Wildman–Crippen MR) is 101 cm³/mol. The van der Waals surface area contributed by atoms with Crippen molar-refractivity contribution in [3.8, 4) is 5.69 Å². The maximum absolute atomic E-state index is 6.05. The maximum atomic E-state index is 6.05. The lowest BCUT2D eigenvalue weighted by Crippen LogP contribution is -2.23. The molecule has 0 spiro atoms. The fraction of sp³-hybridized carbons (Fsp3) is 0.286. The molecule has 0 aliphatic carbocycles. The molecule has 0 bridgehead atoms. The first-order chi connectivity index (χ1) is 12.3. The van der Waals surface area contributed by atoms with Gasteiger partial charge in [0.1, 0.15) is 0 Å². The number of hydrogen-bond acceptors (Lipinski definition) is 3. The van der Waals surface area contributed by atoms with Crippen LogP contribution in [0, 0.1) is 5.92 Å². The first kappa shape index (κ1) is 16.1. The van der Waals surface area contributed by atoms with Crippen molar-refractivity contribution in [2.45, 2.75) is 12.5 Å². The van der Waals surface area contributed by atoms with E-state index in [-0.39, 0.29) is 0 Å². The van der Waals surface area contributed by atoms with E-state index in [2.05, 4.69) is 64.6 Å². The Morgan fingerprint density at radius 1 is 0.960 bits per heavy atom. The van der Waals surface area contributed by atoms with Gasteiger partial charge in [0, 0.05) is 37.9 Å². The SMILES string of the molecule is NC[C@@H]1CN(Cc2ccc(-n3cccn3)cc2)C[C@H]1c1ccccc1. The molecule has 4 nitrogen and oxygen atoms in total. The Balaban J connectivity index is 1.44. The zero-order valence-electron chi connectivity index (χ0n) is 14.3. The summed E-state index contributed by atoms with van der Waals surface area (Å²) in [7, 11) is 0. The molecular formula is C21H24N4. The quantitative estimate of drug-likeness (QED) is 0.781. The van der Waals surface area contributed by atoms with Crippen LogP contribution in [0.2, 0.25) is 0 Å². The third-order valence-corrected chi connectivity index (χ3v) is 5.16. The lowest BCUT2D eigenvalue weighted by atomic mass is 9.89. The van der Waals surface area contributed by atoms with Crippen LogP contribution in [0.3, 0.4) is 0 Å². The van der Waals surface area contributed by atoms with Gasteiger partial charge in [0.15, 0.2) is 0 Å². The van der Waals surface area contributed by atoms with Gasteiger partial charge in [-0.05, 0) is 41.8 Å². The van der Waals surface area contributed by atoms with Gasteiger partial charge in [-0.3, -0.25) is 4.90 Å². The van der Waals surface area contributed by atoms with Gasteiger partial charge in [0.2, 0.25) is 0 Å². The fourth-order valence-corrected chi connectivity index (χ4v) is 3.84. The van der Waals surface area contributed by atoms with Crippen molar-refractivity contribution < 1.29 is 0 Å². The molecule has 0 saturated carbocycles. The van der Waals surface area contributed by atoms with Crippen LogP contribution < -0.4 is 5.73 Å². The summed E-state index contributed by atoms with van der Waals surface area (Å²) in [5.74, 6) is 1.07. The van der Waals surface area contributed by atoms with Gasteiger partial charge in [-0.1, -0.05) is 42.5 Å². The number of aromatic nitrogens is 2. The Hall–Kier alpha value is -2.43. The van der Waals surface area contributed by atoms with E-state index < -0.39 is 0 Å². The molecule has 0 amide bonds. The normalized spacial score (nSPS) is 20.8. The van der Waals surface area contributed by atoms with Crippen LogP contribution in [-0.4, -0.2) is 34.3 Å². The number of nitrogens with zero attached hydrogens (tertiary/aromatic N) is 3. The molecule has 1 fully saturated rings. The summed E-state index contributed by atoms with van der Waals surface area (Å²) in [6.45, 7) is 3.86. The molecule has 128 valence electrons. The fourth-order valence-electron chi connectivity index (χ4n) is 3.84. The van der Waals surface area contributed by atoms with Gasteiger partial charge >= 0.3 is 0 Å². The first-order valence-corrected chi connectivity index (χ1v) is 8.90. The maximum Gasteiger partial charge on any atom is 0.0645 e. The standard InChI is InChI=1S/C21H24N4/c22-13-19-15-24(16-21(19)18-5-2-1-3-6-18)14-17-7-9-20(10-8-17)25-12-4-11-23-25/h1-12,19,21H,13-16,22H2/t19-,21+/m1/s1. The minimum absolute atomic E-state index is 0.533. The van der Waals surface area contributed by atoms with Crippen molar-refractivity contribution >= 4 is 0 Å². The van der Waals surface area contributed by atoms with Gasteiger partial charge in [-0.15, -0.1) is 0 Å². The zero-order valence-corrected chi connectivity index (χ0v) is 14.3. The molecule has 2 aromatic carbocycles. The molecule has 0 radical (unpaired) electrons. The molecule has 0 unspecified atom stereocenters. The van der Waals surface area contributed by atoms with Crippen LogP contribution in [0.4, 0.5) is 0 Å². The molecule has 1 aliphatic heterocycles.